The molecule has 0 fully saturated rings. The van der Waals surface area contributed by atoms with Crippen molar-refractivity contribution in [3.63, 3.8) is 0 Å². The second-order valence-electron chi connectivity index (χ2n) is 3.94. The fourth-order valence-corrected chi connectivity index (χ4v) is 1.35. The van der Waals surface area contributed by atoms with Crippen molar-refractivity contribution in [1.29, 1.82) is 0 Å². The van der Waals surface area contributed by atoms with Crippen LogP contribution in [0.4, 0.5) is 5.82 Å². The van der Waals surface area contributed by atoms with Crippen molar-refractivity contribution < 1.29 is 4.74 Å². The molecule has 0 aliphatic carbocycles. The molecule has 0 amide bonds. The number of rotatable bonds is 8. The van der Waals surface area contributed by atoms with Gasteiger partial charge in [-0.25, -0.2) is 4.98 Å². The fourth-order valence-electron chi connectivity index (χ4n) is 1.35. The summed E-state index contributed by atoms with van der Waals surface area (Å²) in [5.74, 6) is 0.406. The maximum atomic E-state index is 11.6. The van der Waals surface area contributed by atoms with Crippen LogP contribution in [0.3, 0.4) is 0 Å². The Hall–Kier alpha value is -1.36. The van der Waals surface area contributed by atoms with Gasteiger partial charge in [-0.15, -0.1) is 0 Å². The number of ether oxygens (including phenoxy) is 1. The second kappa shape index (κ2) is 7.84. The van der Waals surface area contributed by atoms with Gasteiger partial charge in [0.1, 0.15) is 0 Å². The zero-order valence-electron chi connectivity index (χ0n) is 10.6. The molecule has 0 atom stereocenters. The van der Waals surface area contributed by atoms with Crippen LogP contribution in [0.15, 0.2) is 17.2 Å². The lowest BCUT2D eigenvalue weighted by atomic mass is 10.4. The topological polar surface area (TPSA) is 56.1 Å². The highest BCUT2D eigenvalue weighted by Gasteiger charge is 2.00. The van der Waals surface area contributed by atoms with Crippen molar-refractivity contribution in [2.45, 2.75) is 26.2 Å². The van der Waals surface area contributed by atoms with Crippen LogP contribution < -0.4 is 10.9 Å². The van der Waals surface area contributed by atoms with Gasteiger partial charge in [-0.3, -0.25) is 4.79 Å². The Morgan fingerprint density at radius 2 is 2.18 bits per heavy atom. The van der Waals surface area contributed by atoms with E-state index in [2.05, 4.69) is 17.2 Å². The van der Waals surface area contributed by atoms with Gasteiger partial charge in [0.25, 0.3) is 5.56 Å². The lowest BCUT2D eigenvalue weighted by molar-refractivity contribution is 0.131. The first kappa shape index (κ1) is 13.7. The van der Waals surface area contributed by atoms with Gasteiger partial charge in [0.15, 0.2) is 5.82 Å². The van der Waals surface area contributed by atoms with Crippen molar-refractivity contribution in [2.24, 2.45) is 7.05 Å². The average molecular weight is 239 g/mol. The molecular formula is C12H21N3O2. The minimum Gasteiger partial charge on any atom is -0.381 e. The summed E-state index contributed by atoms with van der Waals surface area (Å²) in [6.07, 6.45) is 6.39. The number of nitrogens with zero attached hydrogens (tertiary/aromatic N) is 2. The molecule has 1 aromatic heterocycles. The molecule has 0 aliphatic heterocycles. The van der Waals surface area contributed by atoms with Gasteiger partial charge in [0.2, 0.25) is 0 Å². The summed E-state index contributed by atoms with van der Waals surface area (Å²) >= 11 is 0. The highest BCUT2D eigenvalue weighted by Crippen LogP contribution is 1.93. The van der Waals surface area contributed by atoms with E-state index in [1.807, 2.05) is 0 Å². The summed E-state index contributed by atoms with van der Waals surface area (Å²) in [6.45, 7) is 4.39. The Bertz CT molecular complexity index is 376. The van der Waals surface area contributed by atoms with Crippen LogP contribution in [0.1, 0.15) is 26.2 Å². The van der Waals surface area contributed by atoms with Gasteiger partial charge >= 0.3 is 0 Å². The fraction of sp³-hybridized carbons (Fsp3) is 0.667. The molecule has 5 nitrogen and oxygen atoms in total. The van der Waals surface area contributed by atoms with Crippen LogP contribution in [0.25, 0.3) is 0 Å². The zero-order chi connectivity index (χ0) is 12.5. The number of hydrogen-bond acceptors (Lipinski definition) is 4. The minimum atomic E-state index is -0.0978. The van der Waals surface area contributed by atoms with E-state index in [0.29, 0.717) is 12.4 Å². The van der Waals surface area contributed by atoms with Crippen molar-refractivity contribution in [2.75, 3.05) is 25.1 Å². The van der Waals surface area contributed by atoms with E-state index in [1.54, 1.807) is 19.4 Å². The molecule has 1 heterocycles. The lowest BCUT2D eigenvalue weighted by Gasteiger charge is -2.06. The monoisotopic (exact) mass is 239 g/mol. The van der Waals surface area contributed by atoms with E-state index < -0.39 is 0 Å². The molecule has 0 unspecified atom stereocenters. The number of anilines is 1. The van der Waals surface area contributed by atoms with Gasteiger partial charge in [0, 0.05) is 39.2 Å². The maximum Gasteiger partial charge on any atom is 0.293 e. The molecule has 1 N–H and O–H groups in total. The Balaban J connectivity index is 2.18. The van der Waals surface area contributed by atoms with Crippen LogP contribution in [0, 0.1) is 0 Å². The molecule has 17 heavy (non-hydrogen) atoms. The van der Waals surface area contributed by atoms with Crippen molar-refractivity contribution >= 4 is 5.82 Å². The molecule has 0 saturated carbocycles. The SMILES string of the molecule is CCCCOCCCNc1nccn(C)c1=O. The second-order valence-corrected chi connectivity index (χ2v) is 3.94. The van der Waals surface area contributed by atoms with Crippen molar-refractivity contribution in [1.82, 2.24) is 9.55 Å². The third-order valence-electron chi connectivity index (χ3n) is 2.42. The first-order valence-corrected chi connectivity index (χ1v) is 6.09. The van der Waals surface area contributed by atoms with E-state index in [-0.39, 0.29) is 5.56 Å². The lowest BCUT2D eigenvalue weighted by Crippen LogP contribution is -2.22. The largest absolute Gasteiger partial charge is 0.381 e. The van der Waals surface area contributed by atoms with E-state index >= 15 is 0 Å². The molecule has 0 radical (unpaired) electrons. The van der Waals surface area contributed by atoms with E-state index in [1.165, 1.54) is 4.57 Å². The molecular weight excluding hydrogens is 218 g/mol. The molecule has 0 saturated heterocycles. The number of unbranched alkanes of at least 4 members (excludes halogenated alkanes) is 1. The first-order chi connectivity index (χ1) is 8.25. The quantitative estimate of drug-likeness (QED) is 0.697. The molecule has 0 aromatic carbocycles. The first-order valence-electron chi connectivity index (χ1n) is 6.09. The van der Waals surface area contributed by atoms with Crippen LogP contribution in [0.2, 0.25) is 0 Å². The molecule has 0 spiro atoms. The predicted octanol–water partition coefficient (Wildman–Crippen LogP) is 1.40. The van der Waals surface area contributed by atoms with Crippen LogP contribution >= 0.6 is 0 Å². The Labute approximate surface area is 102 Å². The third kappa shape index (κ3) is 4.99. The Morgan fingerprint density at radius 3 is 2.94 bits per heavy atom. The molecule has 96 valence electrons. The number of nitrogens with one attached hydrogen (secondary N) is 1. The van der Waals surface area contributed by atoms with Crippen LogP contribution in [-0.2, 0) is 11.8 Å². The van der Waals surface area contributed by atoms with Crippen molar-refractivity contribution in [3.05, 3.63) is 22.7 Å². The standard InChI is InChI=1S/C12H21N3O2/c1-3-4-9-17-10-5-6-13-11-12(16)15(2)8-7-14-11/h7-8H,3-6,9-10H2,1-2H3,(H,13,14). The van der Waals surface area contributed by atoms with E-state index in [0.717, 1.165) is 32.5 Å². The van der Waals surface area contributed by atoms with Gasteiger partial charge < -0.3 is 14.6 Å². The Kier molecular flexibility index (Phi) is 6.32. The van der Waals surface area contributed by atoms with Gasteiger partial charge in [0.05, 0.1) is 0 Å². The number of aryl methyl sites for hydroxylation is 1. The highest BCUT2D eigenvalue weighted by molar-refractivity contribution is 5.30. The summed E-state index contributed by atoms with van der Waals surface area (Å²) in [5.41, 5.74) is -0.0978. The Morgan fingerprint density at radius 1 is 1.41 bits per heavy atom. The highest BCUT2D eigenvalue weighted by atomic mass is 16.5. The zero-order valence-corrected chi connectivity index (χ0v) is 10.6. The third-order valence-corrected chi connectivity index (χ3v) is 2.42. The summed E-state index contributed by atoms with van der Waals surface area (Å²) in [7, 11) is 1.71. The minimum absolute atomic E-state index is 0.0978. The summed E-state index contributed by atoms with van der Waals surface area (Å²) in [5, 5.41) is 3.02. The molecule has 0 aliphatic rings. The summed E-state index contributed by atoms with van der Waals surface area (Å²) in [6, 6.07) is 0. The van der Waals surface area contributed by atoms with Gasteiger partial charge in [-0.1, -0.05) is 13.3 Å². The molecule has 1 rings (SSSR count). The summed E-state index contributed by atoms with van der Waals surface area (Å²) in [4.78, 5) is 15.6. The maximum absolute atomic E-state index is 11.6. The van der Waals surface area contributed by atoms with Gasteiger partial charge in [-0.2, -0.15) is 0 Å². The van der Waals surface area contributed by atoms with E-state index in [9.17, 15) is 4.79 Å². The van der Waals surface area contributed by atoms with E-state index in [4.69, 9.17) is 4.74 Å². The number of aromatic nitrogens is 2. The molecule has 0 bridgehead atoms. The number of hydrogen-bond donors (Lipinski definition) is 1. The molecule has 5 heteroatoms. The van der Waals surface area contributed by atoms with Crippen LogP contribution in [0.5, 0.6) is 0 Å². The smallest absolute Gasteiger partial charge is 0.293 e. The average Bonchev–Trinajstić information content (AvgIpc) is 2.33. The van der Waals surface area contributed by atoms with Gasteiger partial charge in [-0.05, 0) is 12.8 Å². The van der Waals surface area contributed by atoms with Crippen LogP contribution in [-0.4, -0.2) is 29.3 Å². The predicted molar refractivity (Wildman–Crippen MR) is 68.3 cm³/mol. The van der Waals surface area contributed by atoms with Crippen molar-refractivity contribution in [3.8, 4) is 0 Å². The summed E-state index contributed by atoms with van der Waals surface area (Å²) < 4.78 is 6.93. The molecule has 1 aromatic rings. The normalized spacial score (nSPS) is 10.5.